The van der Waals surface area contributed by atoms with E-state index in [0.29, 0.717) is 13.0 Å². The van der Waals surface area contributed by atoms with Crippen LogP contribution in [-0.2, 0) is 4.79 Å². The monoisotopic (exact) mass is 231 g/mol. The first-order valence-electron chi connectivity index (χ1n) is 5.74. The fourth-order valence-electron chi connectivity index (χ4n) is 2.58. The van der Waals surface area contributed by atoms with Gasteiger partial charge in [-0.1, -0.05) is 6.08 Å². The molecule has 0 amide bonds. The van der Waals surface area contributed by atoms with Gasteiger partial charge in [-0.05, 0) is 18.9 Å². The molecule has 88 valence electrons. The lowest BCUT2D eigenvalue weighted by Gasteiger charge is -2.30. The van der Waals surface area contributed by atoms with Crippen LogP contribution in [0.15, 0.2) is 33.6 Å². The van der Waals surface area contributed by atoms with Gasteiger partial charge in [-0.2, -0.15) is 10.2 Å². The van der Waals surface area contributed by atoms with Gasteiger partial charge in [0.2, 0.25) is 0 Å². The molecule has 2 aliphatic heterocycles. The SMILES string of the molecule is O=C(O)C1CNC2=C3C=NN=C3C=CCC2C1. The lowest BCUT2D eigenvalue weighted by molar-refractivity contribution is -0.142. The molecule has 2 unspecified atom stereocenters. The minimum absolute atomic E-state index is 0.244. The number of allylic oxidation sites excluding steroid dienone is 4. The summed E-state index contributed by atoms with van der Waals surface area (Å²) in [7, 11) is 0. The molecule has 2 N–H and O–H groups in total. The van der Waals surface area contributed by atoms with Crippen molar-refractivity contribution in [3.8, 4) is 0 Å². The molecule has 3 aliphatic rings. The van der Waals surface area contributed by atoms with Gasteiger partial charge in [0.25, 0.3) is 0 Å². The van der Waals surface area contributed by atoms with Crippen LogP contribution in [-0.4, -0.2) is 29.5 Å². The second-order valence-electron chi connectivity index (χ2n) is 4.54. The highest BCUT2D eigenvalue weighted by molar-refractivity contribution is 6.24. The summed E-state index contributed by atoms with van der Waals surface area (Å²) in [5.41, 5.74) is 3.00. The predicted octanol–water partition coefficient (Wildman–Crippen LogP) is 0.951. The Kier molecular flexibility index (Phi) is 2.31. The second-order valence-corrected chi connectivity index (χ2v) is 4.54. The maximum absolute atomic E-state index is 11.0. The van der Waals surface area contributed by atoms with Gasteiger partial charge in [-0.15, -0.1) is 0 Å². The van der Waals surface area contributed by atoms with Gasteiger partial charge in [0.15, 0.2) is 0 Å². The summed E-state index contributed by atoms with van der Waals surface area (Å²) in [4.78, 5) is 11.0. The van der Waals surface area contributed by atoms with E-state index in [-0.39, 0.29) is 11.8 Å². The fraction of sp³-hybridized carbons (Fsp3) is 0.417. The standard InChI is InChI=1S/C12H13N3O2/c16-12(17)8-4-7-2-1-3-10-9(6-14-15-10)11(7)13-5-8/h1,3,6-8,13H,2,4-5H2,(H,16,17). The fourth-order valence-corrected chi connectivity index (χ4v) is 2.58. The van der Waals surface area contributed by atoms with Crippen LogP contribution in [0.2, 0.25) is 0 Å². The Morgan fingerprint density at radius 1 is 1.53 bits per heavy atom. The van der Waals surface area contributed by atoms with Gasteiger partial charge in [-0.3, -0.25) is 4.79 Å². The Labute approximate surface area is 98.6 Å². The molecule has 0 spiro atoms. The quantitative estimate of drug-likeness (QED) is 0.705. The largest absolute Gasteiger partial charge is 0.481 e. The third kappa shape index (κ3) is 1.67. The Hall–Kier alpha value is -1.91. The Balaban J connectivity index is 1.94. The maximum atomic E-state index is 11.0. The highest BCUT2D eigenvalue weighted by Crippen LogP contribution is 2.32. The summed E-state index contributed by atoms with van der Waals surface area (Å²) < 4.78 is 0. The van der Waals surface area contributed by atoms with E-state index in [1.807, 2.05) is 6.08 Å². The second kappa shape index (κ2) is 3.84. The highest BCUT2D eigenvalue weighted by Gasteiger charge is 2.33. The number of hydrogen-bond acceptors (Lipinski definition) is 4. The van der Waals surface area contributed by atoms with Crippen LogP contribution in [0.3, 0.4) is 0 Å². The lowest BCUT2D eigenvalue weighted by Crippen LogP contribution is -2.39. The zero-order chi connectivity index (χ0) is 11.8. The van der Waals surface area contributed by atoms with Crippen LogP contribution in [0.5, 0.6) is 0 Å². The van der Waals surface area contributed by atoms with Crippen LogP contribution in [0.4, 0.5) is 0 Å². The minimum atomic E-state index is -0.719. The Morgan fingerprint density at radius 2 is 2.41 bits per heavy atom. The Bertz CT molecular complexity index is 488. The third-order valence-corrected chi connectivity index (χ3v) is 3.48. The normalized spacial score (nSPS) is 30.2. The zero-order valence-electron chi connectivity index (χ0n) is 9.26. The number of aliphatic carboxylic acids is 1. The molecular weight excluding hydrogens is 218 g/mol. The average molecular weight is 231 g/mol. The molecule has 17 heavy (non-hydrogen) atoms. The molecule has 0 aromatic carbocycles. The van der Waals surface area contributed by atoms with Crippen molar-refractivity contribution in [1.29, 1.82) is 0 Å². The van der Waals surface area contributed by atoms with Crippen molar-refractivity contribution in [2.75, 3.05) is 6.54 Å². The van der Waals surface area contributed by atoms with Crippen molar-refractivity contribution in [2.45, 2.75) is 12.8 Å². The molecule has 0 saturated carbocycles. The third-order valence-electron chi connectivity index (χ3n) is 3.48. The molecule has 1 fully saturated rings. The van der Waals surface area contributed by atoms with Crippen molar-refractivity contribution in [2.24, 2.45) is 22.0 Å². The van der Waals surface area contributed by atoms with Gasteiger partial charge in [0.1, 0.15) is 0 Å². The van der Waals surface area contributed by atoms with E-state index in [0.717, 1.165) is 23.4 Å². The lowest BCUT2D eigenvalue weighted by atomic mass is 9.84. The van der Waals surface area contributed by atoms with E-state index < -0.39 is 5.97 Å². The number of carbonyl (C=O) groups is 1. The van der Waals surface area contributed by atoms with E-state index in [1.54, 1.807) is 6.21 Å². The van der Waals surface area contributed by atoms with E-state index in [1.165, 1.54) is 0 Å². The average Bonchev–Trinajstić information content (AvgIpc) is 2.71. The highest BCUT2D eigenvalue weighted by atomic mass is 16.4. The number of carboxylic acid groups (broad SMARTS) is 1. The summed E-state index contributed by atoms with van der Waals surface area (Å²) >= 11 is 0. The number of hydrogen-bond donors (Lipinski definition) is 2. The molecule has 1 saturated heterocycles. The van der Waals surface area contributed by atoms with E-state index >= 15 is 0 Å². The van der Waals surface area contributed by atoms with Crippen molar-refractivity contribution >= 4 is 17.9 Å². The van der Waals surface area contributed by atoms with E-state index in [9.17, 15) is 4.79 Å². The molecule has 5 nitrogen and oxygen atoms in total. The van der Waals surface area contributed by atoms with Crippen LogP contribution in [0.1, 0.15) is 12.8 Å². The number of rotatable bonds is 1. The van der Waals surface area contributed by atoms with Crippen LogP contribution >= 0.6 is 0 Å². The van der Waals surface area contributed by atoms with Gasteiger partial charge in [-0.25, -0.2) is 0 Å². The topological polar surface area (TPSA) is 74.0 Å². The molecule has 0 aromatic rings. The van der Waals surface area contributed by atoms with E-state index in [2.05, 4.69) is 21.6 Å². The molecule has 2 heterocycles. The summed E-state index contributed by atoms with van der Waals surface area (Å²) in [5, 5.41) is 20.3. The molecule has 0 bridgehead atoms. The number of fused-ring (bicyclic) bond motifs is 2. The first-order valence-corrected chi connectivity index (χ1v) is 5.74. The molecule has 5 heteroatoms. The van der Waals surface area contributed by atoms with Gasteiger partial charge < -0.3 is 10.4 Å². The summed E-state index contributed by atoms with van der Waals surface area (Å²) in [6.45, 7) is 0.492. The van der Waals surface area contributed by atoms with Crippen LogP contribution < -0.4 is 5.32 Å². The van der Waals surface area contributed by atoms with Crippen molar-refractivity contribution in [3.63, 3.8) is 0 Å². The number of nitrogens with one attached hydrogen (secondary N) is 1. The summed E-state index contributed by atoms with van der Waals surface area (Å²) in [5.74, 6) is -0.772. The Morgan fingerprint density at radius 3 is 3.24 bits per heavy atom. The molecule has 2 atom stereocenters. The molecule has 0 aromatic heterocycles. The smallest absolute Gasteiger partial charge is 0.308 e. The summed E-state index contributed by atoms with van der Waals surface area (Å²) in [6, 6.07) is 0. The molecular formula is C12H13N3O2. The van der Waals surface area contributed by atoms with Crippen LogP contribution in [0.25, 0.3) is 0 Å². The van der Waals surface area contributed by atoms with Crippen molar-refractivity contribution in [1.82, 2.24) is 5.32 Å². The maximum Gasteiger partial charge on any atom is 0.308 e. The zero-order valence-corrected chi connectivity index (χ0v) is 9.26. The van der Waals surface area contributed by atoms with Gasteiger partial charge in [0, 0.05) is 23.7 Å². The van der Waals surface area contributed by atoms with Gasteiger partial charge in [0.05, 0.1) is 17.8 Å². The predicted molar refractivity (Wildman–Crippen MR) is 63.9 cm³/mol. The number of piperidine rings is 1. The van der Waals surface area contributed by atoms with Crippen molar-refractivity contribution < 1.29 is 9.90 Å². The van der Waals surface area contributed by atoms with Gasteiger partial charge >= 0.3 is 5.97 Å². The number of nitrogens with zero attached hydrogens (tertiary/aromatic N) is 2. The van der Waals surface area contributed by atoms with Crippen LogP contribution in [0, 0.1) is 11.8 Å². The molecule has 0 radical (unpaired) electrons. The minimum Gasteiger partial charge on any atom is -0.481 e. The first kappa shape index (κ1) is 10.3. The first-order chi connectivity index (χ1) is 8.25. The molecule has 1 aliphatic carbocycles. The number of carboxylic acids is 1. The summed E-state index contributed by atoms with van der Waals surface area (Å²) in [6.07, 6.45) is 7.32. The van der Waals surface area contributed by atoms with Crippen molar-refractivity contribution in [3.05, 3.63) is 23.4 Å². The van der Waals surface area contributed by atoms with E-state index in [4.69, 9.17) is 5.11 Å². The molecule has 3 rings (SSSR count).